The van der Waals surface area contributed by atoms with Gasteiger partial charge in [-0.25, -0.2) is 0 Å². The van der Waals surface area contributed by atoms with Gasteiger partial charge in [0.2, 0.25) is 0 Å². The van der Waals surface area contributed by atoms with Crippen molar-refractivity contribution < 1.29 is 4.74 Å². The first-order chi connectivity index (χ1) is 13.0. The van der Waals surface area contributed by atoms with Gasteiger partial charge in [-0.1, -0.05) is 63.0 Å². The van der Waals surface area contributed by atoms with Crippen molar-refractivity contribution in [3.63, 3.8) is 0 Å². The first-order valence-electron chi connectivity index (χ1n) is 8.73. The van der Waals surface area contributed by atoms with E-state index in [9.17, 15) is 0 Å². The van der Waals surface area contributed by atoms with Gasteiger partial charge >= 0.3 is 0 Å². The summed E-state index contributed by atoms with van der Waals surface area (Å²) in [4.78, 5) is 0. The van der Waals surface area contributed by atoms with E-state index in [4.69, 9.17) is 4.74 Å². The van der Waals surface area contributed by atoms with E-state index in [1.807, 2.05) is 18.2 Å². The Morgan fingerprint density at radius 1 is 0.815 bits per heavy atom. The molecule has 0 radical (unpaired) electrons. The Morgan fingerprint density at radius 2 is 1.48 bits per heavy atom. The van der Waals surface area contributed by atoms with Crippen LogP contribution in [0.1, 0.15) is 23.6 Å². The third-order valence-corrected chi connectivity index (χ3v) is 5.80. The van der Waals surface area contributed by atoms with Gasteiger partial charge in [0.1, 0.15) is 12.4 Å². The lowest BCUT2D eigenvalue weighted by molar-refractivity contribution is 0.301. The van der Waals surface area contributed by atoms with Crippen LogP contribution in [-0.2, 0) is 19.6 Å². The van der Waals surface area contributed by atoms with E-state index in [1.165, 1.54) is 5.56 Å². The predicted molar refractivity (Wildman–Crippen MR) is 123 cm³/mol. The predicted octanol–water partition coefficient (Wildman–Crippen LogP) is 7.73. The summed E-state index contributed by atoms with van der Waals surface area (Å²) in [5.41, 5.74) is 4.65. The maximum absolute atomic E-state index is 6.15. The lowest BCUT2D eigenvalue weighted by Crippen LogP contribution is -2.05. The molecule has 0 saturated heterocycles. The fraction of sp³-hybridized carbons (Fsp3) is 0.182. The molecule has 140 valence electrons. The van der Waals surface area contributed by atoms with Crippen molar-refractivity contribution in [2.75, 3.05) is 5.32 Å². The number of rotatable bonds is 7. The smallest absolute Gasteiger partial charge is 0.139 e. The summed E-state index contributed by atoms with van der Waals surface area (Å²) in [6.45, 7) is 3.36. The van der Waals surface area contributed by atoms with Crippen molar-refractivity contribution in [1.29, 1.82) is 0 Å². The van der Waals surface area contributed by atoms with E-state index in [-0.39, 0.29) is 0 Å². The number of aryl methyl sites for hydroxylation is 1. The highest BCUT2D eigenvalue weighted by Gasteiger charge is 2.11. The Hall–Kier alpha value is -1.30. The molecule has 0 heterocycles. The second-order valence-electron chi connectivity index (χ2n) is 6.20. The Morgan fingerprint density at radius 3 is 2.15 bits per heavy atom. The van der Waals surface area contributed by atoms with Gasteiger partial charge < -0.3 is 10.1 Å². The number of hydrogen-bond acceptors (Lipinski definition) is 2. The van der Waals surface area contributed by atoms with Crippen molar-refractivity contribution >= 4 is 53.5 Å². The van der Waals surface area contributed by atoms with Gasteiger partial charge in [0.25, 0.3) is 0 Å². The third-order valence-electron chi connectivity index (χ3n) is 4.23. The van der Waals surface area contributed by atoms with Crippen LogP contribution < -0.4 is 10.1 Å². The highest BCUT2D eigenvalue weighted by molar-refractivity contribution is 9.11. The minimum Gasteiger partial charge on any atom is -0.487 e. The minimum atomic E-state index is 0.520. The van der Waals surface area contributed by atoms with E-state index in [0.717, 1.165) is 42.4 Å². The molecule has 3 aromatic carbocycles. The number of halogens is 3. The van der Waals surface area contributed by atoms with Crippen LogP contribution in [0.2, 0.25) is 0 Å². The Kier molecular flexibility index (Phi) is 7.39. The van der Waals surface area contributed by atoms with Crippen LogP contribution >= 0.6 is 47.8 Å². The Labute approximate surface area is 185 Å². The summed E-state index contributed by atoms with van der Waals surface area (Å²) in [7, 11) is 0. The van der Waals surface area contributed by atoms with Gasteiger partial charge in [-0.3, -0.25) is 0 Å². The first-order valence-corrected chi connectivity index (χ1v) is 11.1. The van der Waals surface area contributed by atoms with Crippen LogP contribution in [0.5, 0.6) is 5.75 Å². The standard InChI is InChI=1S/C22H20Br3NO/c1-2-15-5-9-20(10-6-15)26-13-17-11-19(24)12-21(25)22(17)27-14-16-3-7-18(23)8-4-16/h3-12,26H,2,13-14H2,1H3. The second kappa shape index (κ2) is 9.76. The van der Waals surface area contributed by atoms with Crippen molar-refractivity contribution in [2.24, 2.45) is 0 Å². The molecular weight excluding hydrogens is 534 g/mol. The second-order valence-corrected chi connectivity index (χ2v) is 8.88. The van der Waals surface area contributed by atoms with Crippen molar-refractivity contribution in [2.45, 2.75) is 26.5 Å². The van der Waals surface area contributed by atoms with E-state index >= 15 is 0 Å². The highest BCUT2D eigenvalue weighted by atomic mass is 79.9. The van der Waals surface area contributed by atoms with Crippen LogP contribution in [-0.4, -0.2) is 0 Å². The molecule has 1 N–H and O–H groups in total. The first kappa shape index (κ1) is 20.4. The molecule has 0 aliphatic rings. The quantitative estimate of drug-likeness (QED) is 0.323. The van der Waals surface area contributed by atoms with E-state index in [2.05, 4.69) is 102 Å². The number of nitrogens with one attached hydrogen (secondary N) is 1. The van der Waals surface area contributed by atoms with Crippen LogP contribution in [0, 0.1) is 0 Å². The average Bonchev–Trinajstić information content (AvgIpc) is 2.67. The molecular formula is C22H20Br3NO. The van der Waals surface area contributed by atoms with Gasteiger partial charge in [-0.2, -0.15) is 0 Å². The lowest BCUT2D eigenvalue weighted by atomic mass is 10.1. The van der Waals surface area contributed by atoms with Crippen LogP contribution in [0.25, 0.3) is 0 Å². The molecule has 5 heteroatoms. The molecule has 27 heavy (non-hydrogen) atoms. The van der Waals surface area contributed by atoms with Gasteiger partial charge in [0.05, 0.1) is 4.47 Å². The van der Waals surface area contributed by atoms with Gasteiger partial charge in [0.15, 0.2) is 0 Å². The summed E-state index contributed by atoms with van der Waals surface area (Å²) in [5, 5.41) is 3.48. The van der Waals surface area contributed by atoms with E-state index in [0.29, 0.717) is 13.2 Å². The maximum Gasteiger partial charge on any atom is 0.139 e. The van der Waals surface area contributed by atoms with Gasteiger partial charge in [-0.05, 0) is 69.9 Å². The van der Waals surface area contributed by atoms with Crippen LogP contribution in [0.3, 0.4) is 0 Å². The van der Waals surface area contributed by atoms with Crippen molar-refractivity contribution in [1.82, 2.24) is 0 Å². The minimum absolute atomic E-state index is 0.520. The molecule has 0 spiro atoms. The Bertz CT molecular complexity index is 893. The number of anilines is 1. The third kappa shape index (κ3) is 5.84. The molecule has 0 atom stereocenters. The molecule has 0 aromatic heterocycles. The summed E-state index contributed by atoms with van der Waals surface area (Å²) >= 11 is 10.7. The maximum atomic E-state index is 6.15. The zero-order chi connectivity index (χ0) is 19.2. The van der Waals surface area contributed by atoms with E-state index in [1.54, 1.807) is 0 Å². The summed E-state index contributed by atoms with van der Waals surface area (Å²) in [6, 6.07) is 20.8. The van der Waals surface area contributed by atoms with Gasteiger partial charge in [-0.15, -0.1) is 0 Å². The molecule has 0 unspecified atom stereocenters. The normalized spacial score (nSPS) is 10.7. The molecule has 2 nitrogen and oxygen atoms in total. The monoisotopic (exact) mass is 551 g/mol. The molecule has 0 fully saturated rings. The fourth-order valence-corrected chi connectivity index (χ4v) is 4.39. The molecule has 0 saturated carbocycles. The zero-order valence-electron chi connectivity index (χ0n) is 14.9. The molecule has 0 aliphatic carbocycles. The number of hydrogen-bond donors (Lipinski definition) is 1. The molecule has 0 aliphatic heterocycles. The molecule has 3 aromatic rings. The van der Waals surface area contributed by atoms with Crippen LogP contribution in [0.15, 0.2) is 74.1 Å². The fourth-order valence-electron chi connectivity index (χ4n) is 2.70. The van der Waals surface area contributed by atoms with Crippen molar-refractivity contribution in [3.05, 3.63) is 90.8 Å². The topological polar surface area (TPSA) is 21.3 Å². The van der Waals surface area contributed by atoms with Crippen molar-refractivity contribution in [3.8, 4) is 5.75 Å². The summed E-state index contributed by atoms with van der Waals surface area (Å²) in [6.07, 6.45) is 1.05. The molecule has 0 bridgehead atoms. The lowest BCUT2D eigenvalue weighted by Gasteiger charge is -2.16. The SMILES string of the molecule is CCc1ccc(NCc2cc(Br)cc(Br)c2OCc2ccc(Br)cc2)cc1. The number of benzene rings is 3. The molecule has 0 amide bonds. The zero-order valence-corrected chi connectivity index (χ0v) is 19.7. The summed E-state index contributed by atoms with van der Waals surface area (Å²) in [5.74, 6) is 0.860. The van der Waals surface area contributed by atoms with Gasteiger partial charge in [0, 0.05) is 26.7 Å². The van der Waals surface area contributed by atoms with Crippen LogP contribution in [0.4, 0.5) is 5.69 Å². The number of ether oxygens (including phenoxy) is 1. The summed E-state index contributed by atoms with van der Waals surface area (Å²) < 4.78 is 9.17. The van der Waals surface area contributed by atoms with E-state index < -0.39 is 0 Å². The molecule has 3 rings (SSSR count). The largest absolute Gasteiger partial charge is 0.487 e. The average molecular weight is 554 g/mol. The highest BCUT2D eigenvalue weighted by Crippen LogP contribution is 2.34. The Balaban J connectivity index is 1.73.